The summed E-state index contributed by atoms with van der Waals surface area (Å²) in [6.07, 6.45) is 2.07. The summed E-state index contributed by atoms with van der Waals surface area (Å²) in [4.78, 5) is 28.9. The number of rotatable bonds is 14. The van der Waals surface area contributed by atoms with E-state index in [1.807, 2.05) is 45.0 Å². The van der Waals surface area contributed by atoms with Gasteiger partial charge in [-0.3, -0.25) is 13.9 Å². The molecule has 0 radical (unpaired) electrons. The Labute approximate surface area is 248 Å². The Morgan fingerprint density at radius 2 is 1.73 bits per heavy atom. The summed E-state index contributed by atoms with van der Waals surface area (Å²) in [6.45, 7) is 5.86. The molecule has 0 heterocycles. The van der Waals surface area contributed by atoms with Gasteiger partial charge in [0.05, 0.1) is 17.7 Å². The maximum absolute atomic E-state index is 14.2. The number of ether oxygens (including phenoxy) is 1. The third-order valence-corrected chi connectivity index (χ3v) is 8.68. The van der Waals surface area contributed by atoms with Gasteiger partial charge in [0.25, 0.3) is 10.0 Å². The summed E-state index contributed by atoms with van der Waals surface area (Å²) in [5.74, 6) is -0.582. The Morgan fingerprint density at radius 3 is 2.37 bits per heavy atom. The highest BCUT2D eigenvalue weighted by atomic mass is 35.5. The largest absolute Gasteiger partial charge is 0.495 e. The SMILES string of the molecule is CCCCNC(=O)[C@@H](CC)N(Cc1cccc(C)c1)C(=O)CN(c1cc(Cl)ccc1OC)S(=O)(=O)c1ccccc1. The molecular formula is C31H38ClN3O5S. The van der Waals surface area contributed by atoms with Crippen LogP contribution in [0.25, 0.3) is 0 Å². The van der Waals surface area contributed by atoms with Gasteiger partial charge in [-0.05, 0) is 55.7 Å². The number of methoxy groups -OCH3 is 1. The van der Waals surface area contributed by atoms with Crippen LogP contribution in [0.3, 0.4) is 0 Å². The van der Waals surface area contributed by atoms with Crippen LogP contribution in [-0.2, 0) is 26.2 Å². The van der Waals surface area contributed by atoms with E-state index in [0.29, 0.717) is 13.0 Å². The van der Waals surface area contributed by atoms with Gasteiger partial charge in [0.15, 0.2) is 0 Å². The fraction of sp³-hybridized carbons (Fsp3) is 0.355. The molecule has 0 saturated heterocycles. The van der Waals surface area contributed by atoms with E-state index >= 15 is 0 Å². The lowest BCUT2D eigenvalue weighted by atomic mass is 10.1. The molecule has 0 fully saturated rings. The van der Waals surface area contributed by atoms with Gasteiger partial charge in [0, 0.05) is 18.1 Å². The quantitative estimate of drug-likeness (QED) is 0.244. The van der Waals surface area contributed by atoms with Gasteiger partial charge < -0.3 is 15.0 Å². The number of hydrogen-bond donors (Lipinski definition) is 1. The molecule has 8 nitrogen and oxygen atoms in total. The number of amides is 2. The number of anilines is 1. The summed E-state index contributed by atoms with van der Waals surface area (Å²) in [7, 11) is -2.82. The van der Waals surface area contributed by atoms with Crippen LogP contribution in [0, 0.1) is 6.92 Å². The monoisotopic (exact) mass is 599 g/mol. The standard InChI is InChI=1S/C31H38ClN3O5S/c1-5-7-18-33-31(37)27(6-2)34(21-24-13-11-12-23(3)19-24)30(36)22-35(28-20-25(32)16-17-29(28)40-4)41(38,39)26-14-9-8-10-15-26/h8-17,19-20,27H,5-7,18,21-22H2,1-4H3,(H,33,37)/t27-/m1/s1. The van der Waals surface area contributed by atoms with Crippen LogP contribution >= 0.6 is 11.6 Å². The van der Waals surface area contributed by atoms with Gasteiger partial charge >= 0.3 is 0 Å². The van der Waals surface area contributed by atoms with E-state index in [0.717, 1.165) is 28.3 Å². The predicted molar refractivity (Wildman–Crippen MR) is 163 cm³/mol. The topological polar surface area (TPSA) is 96.0 Å². The summed E-state index contributed by atoms with van der Waals surface area (Å²) < 4.78 is 34.5. The average Bonchev–Trinajstić information content (AvgIpc) is 2.96. The maximum Gasteiger partial charge on any atom is 0.264 e. The first kappa shape index (κ1) is 32.0. The van der Waals surface area contributed by atoms with Crippen molar-refractivity contribution in [2.24, 2.45) is 0 Å². The minimum absolute atomic E-state index is 0.00409. The molecule has 10 heteroatoms. The van der Waals surface area contributed by atoms with E-state index in [9.17, 15) is 18.0 Å². The van der Waals surface area contributed by atoms with Crippen LogP contribution in [0.4, 0.5) is 5.69 Å². The zero-order valence-electron chi connectivity index (χ0n) is 24.0. The summed E-state index contributed by atoms with van der Waals surface area (Å²) in [6, 6.07) is 19.3. The first-order chi connectivity index (χ1) is 19.6. The summed E-state index contributed by atoms with van der Waals surface area (Å²) in [5.41, 5.74) is 1.96. The van der Waals surface area contributed by atoms with Crippen molar-refractivity contribution in [2.45, 2.75) is 57.5 Å². The minimum Gasteiger partial charge on any atom is -0.495 e. The van der Waals surface area contributed by atoms with Crippen molar-refractivity contribution >= 4 is 39.1 Å². The highest BCUT2D eigenvalue weighted by molar-refractivity contribution is 7.92. The lowest BCUT2D eigenvalue weighted by Crippen LogP contribution is -2.52. The van der Waals surface area contributed by atoms with Gasteiger partial charge in [-0.15, -0.1) is 0 Å². The number of halogens is 1. The van der Waals surface area contributed by atoms with E-state index in [1.54, 1.807) is 30.3 Å². The smallest absolute Gasteiger partial charge is 0.264 e. The van der Waals surface area contributed by atoms with E-state index in [-0.39, 0.29) is 33.8 Å². The fourth-order valence-corrected chi connectivity index (χ4v) is 6.13. The molecule has 3 aromatic carbocycles. The second-order valence-electron chi connectivity index (χ2n) is 9.72. The molecule has 0 aromatic heterocycles. The number of hydrogen-bond acceptors (Lipinski definition) is 5. The number of carbonyl (C=O) groups excluding carboxylic acids is 2. The van der Waals surface area contributed by atoms with Gasteiger partial charge in [0.1, 0.15) is 18.3 Å². The lowest BCUT2D eigenvalue weighted by molar-refractivity contribution is -0.140. The number of nitrogens with zero attached hydrogens (tertiary/aromatic N) is 2. The second kappa shape index (κ2) is 14.9. The van der Waals surface area contributed by atoms with E-state index in [4.69, 9.17) is 16.3 Å². The summed E-state index contributed by atoms with van der Waals surface area (Å²) in [5, 5.41) is 3.21. The molecular weight excluding hydrogens is 562 g/mol. The van der Waals surface area contributed by atoms with Crippen molar-refractivity contribution in [2.75, 3.05) is 24.5 Å². The van der Waals surface area contributed by atoms with Gasteiger partial charge in [-0.2, -0.15) is 0 Å². The van der Waals surface area contributed by atoms with E-state index in [2.05, 4.69) is 5.32 Å². The fourth-order valence-electron chi connectivity index (χ4n) is 4.52. The molecule has 41 heavy (non-hydrogen) atoms. The molecule has 0 aliphatic rings. The van der Waals surface area contributed by atoms with Gasteiger partial charge in [-0.25, -0.2) is 8.42 Å². The molecule has 0 aliphatic heterocycles. The number of carbonyl (C=O) groups is 2. The van der Waals surface area contributed by atoms with E-state index < -0.39 is 28.5 Å². The molecule has 0 bridgehead atoms. The van der Waals surface area contributed by atoms with Crippen molar-refractivity contribution < 1.29 is 22.7 Å². The zero-order valence-corrected chi connectivity index (χ0v) is 25.5. The number of nitrogens with one attached hydrogen (secondary N) is 1. The molecule has 1 N–H and O–H groups in total. The zero-order chi connectivity index (χ0) is 30.0. The van der Waals surface area contributed by atoms with Crippen LogP contribution in [0.1, 0.15) is 44.2 Å². The predicted octanol–water partition coefficient (Wildman–Crippen LogP) is 5.58. The normalized spacial score (nSPS) is 11.9. The van der Waals surface area contributed by atoms with Crippen LogP contribution in [0.15, 0.2) is 77.7 Å². The molecule has 1 atom stereocenters. The lowest BCUT2D eigenvalue weighted by Gasteiger charge is -2.33. The maximum atomic E-state index is 14.2. The van der Waals surface area contributed by atoms with Crippen molar-refractivity contribution in [1.82, 2.24) is 10.2 Å². The summed E-state index contributed by atoms with van der Waals surface area (Å²) >= 11 is 6.28. The Morgan fingerprint density at radius 1 is 1.00 bits per heavy atom. The molecule has 220 valence electrons. The third-order valence-electron chi connectivity index (χ3n) is 6.67. The van der Waals surface area contributed by atoms with Crippen LogP contribution in [-0.4, -0.2) is 51.4 Å². The highest BCUT2D eigenvalue weighted by Gasteiger charge is 2.34. The van der Waals surface area contributed by atoms with Crippen LogP contribution < -0.4 is 14.4 Å². The number of sulfonamides is 1. The average molecular weight is 600 g/mol. The highest BCUT2D eigenvalue weighted by Crippen LogP contribution is 2.35. The Kier molecular flexibility index (Phi) is 11.6. The number of aryl methyl sites for hydroxylation is 1. The molecule has 2 amide bonds. The third kappa shape index (κ3) is 8.24. The molecule has 0 spiro atoms. The van der Waals surface area contributed by atoms with Crippen LogP contribution in [0.2, 0.25) is 5.02 Å². The first-order valence-electron chi connectivity index (χ1n) is 13.7. The van der Waals surface area contributed by atoms with Crippen molar-refractivity contribution in [1.29, 1.82) is 0 Å². The van der Waals surface area contributed by atoms with Crippen LogP contribution in [0.5, 0.6) is 5.75 Å². The molecule has 0 saturated carbocycles. The van der Waals surface area contributed by atoms with Crippen molar-refractivity contribution in [3.8, 4) is 5.75 Å². The Bertz CT molecular complexity index is 1430. The molecule has 0 aliphatic carbocycles. The molecule has 3 rings (SSSR count). The second-order valence-corrected chi connectivity index (χ2v) is 12.0. The van der Waals surface area contributed by atoms with Gasteiger partial charge in [-0.1, -0.05) is 79.9 Å². The minimum atomic E-state index is -4.24. The number of benzene rings is 3. The van der Waals surface area contributed by atoms with Crippen molar-refractivity contribution in [3.05, 3.63) is 88.9 Å². The molecule has 0 unspecified atom stereocenters. The van der Waals surface area contributed by atoms with Crippen molar-refractivity contribution in [3.63, 3.8) is 0 Å². The number of unbranched alkanes of at least 4 members (excludes halogenated alkanes) is 1. The van der Waals surface area contributed by atoms with E-state index in [1.165, 1.54) is 30.2 Å². The first-order valence-corrected chi connectivity index (χ1v) is 15.5. The molecule has 3 aromatic rings. The Balaban J connectivity index is 2.09. The Hall–Kier alpha value is -3.56. The van der Waals surface area contributed by atoms with Gasteiger partial charge in [0.2, 0.25) is 11.8 Å².